The van der Waals surface area contributed by atoms with Crippen LogP contribution in [0.15, 0.2) is 0 Å². The molecule has 0 radical (unpaired) electrons. The molecule has 0 saturated carbocycles. The second-order valence-electron chi connectivity index (χ2n) is 2.45. The summed E-state index contributed by atoms with van der Waals surface area (Å²) in [6.45, 7) is 1.78. The smallest absolute Gasteiger partial charge is 0.0856 e. The van der Waals surface area contributed by atoms with Gasteiger partial charge in [0, 0.05) is 10.5 Å². The zero-order valence-corrected chi connectivity index (χ0v) is 10.2. The fraction of sp³-hybridized carbons (Fsp3) is 1.00. The van der Waals surface area contributed by atoms with Gasteiger partial charge in [-0.3, -0.25) is 4.90 Å². The van der Waals surface area contributed by atoms with Crippen LogP contribution in [-0.2, 0) is 4.74 Å². The Labute approximate surface area is 89.0 Å². The van der Waals surface area contributed by atoms with Crippen molar-refractivity contribution in [3.63, 3.8) is 0 Å². The van der Waals surface area contributed by atoms with Crippen LogP contribution in [0.3, 0.4) is 0 Å². The minimum atomic E-state index is 0.561. The van der Waals surface area contributed by atoms with Crippen molar-refractivity contribution in [1.29, 1.82) is 0 Å². The van der Waals surface area contributed by atoms with E-state index >= 15 is 0 Å². The van der Waals surface area contributed by atoms with Crippen LogP contribution < -0.4 is 0 Å². The highest BCUT2D eigenvalue weighted by atomic mass is 127. The first-order chi connectivity index (χ1) is 4.75. The lowest BCUT2D eigenvalue weighted by Crippen LogP contribution is -2.47. The molecule has 1 rings (SSSR count). The number of alkyl halides is 2. The minimum absolute atomic E-state index is 0.561. The van der Waals surface area contributed by atoms with E-state index in [1.807, 2.05) is 0 Å². The molecule has 0 amide bonds. The molecule has 4 heteroatoms. The fourth-order valence-electron chi connectivity index (χ4n) is 0.919. The Bertz CT molecular complexity index is 112. The lowest BCUT2D eigenvalue weighted by atomic mass is 10.3. The molecule has 1 aliphatic heterocycles. The van der Waals surface area contributed by atoms with Crippen LogP contribution in [0.4, 0.5) is 0 Å². The maximum absolute atomic E-state index is 5.40. The van der Waals surface area contributed by atoms with Gasteiger partial charge < -0.3 is 4.74 Å². The summed E-state index contributed by atoms with van der Waals surface area (Å²) in [7, 11) is 2.17. The van der Waals surface area contributed by atoms with E-state index in [4.69, 9.17) is 4.74 Å². The van der Waals surface area contributed by atoms with Gasteiger partial charge in [-0.2, -0.15) is 0 Å². The van der Waals surface area contributed by atoms with Gasteiger partial charge in [0.1, 0.15) is 0 Å². The first-order valence-electron chi connectivity index (χ1n) is 3.25. The molecule has 0 aliphatic carbocycles. The van der Waals surface area contributed by atoms with Crippen LogP contribution in [0.25, 0.3) is 0 Å². The Balaban J connectivity index is 2.42. The summed E-state index contributed by atoms with van der Waals surface area (Å²) in [6, 6.07) is 0.622. The van der Waals surface area contributed by atoms with Crippen molar-refractivity contribution < 1.29 is 4.74 Å². The summed E-state index contributed by atoms with van der Waals surface area (Å²) in [6.07, 6.45) is 0. The summed E-state index contributed by atoms with van der Waals surface area (Å²) in [5.41, 5.74) is 0. The van der Waals surface area contributed by atoms with Crippen molar-refractivity contribution in [1.82, 2.24) is 4.90 Å². The van der Waals surface area contributed by atoms with Gasteiger partial charge in [0.15, 0.2) is 0 Å². The van der Waals surface area contributed by atoms with Crippen molar-refractivity contribution in [2.45, 2.75) is 10.1 Å². The first kappa shape index (κ1) is 9.47. The van der Waals surface area contributed by atoms with Gasteiger partial charge >= 0.3 is 0 Å². The molecule has 2 unspecified atom stereocenters. The maximum atomic E-state index is 5.40. The van der Waals surface area contributed by atoms with E-state index in [0.717, 1.165) is 17.6 Å². The number of halogens is 2. The van der Waals surface area contributed by atoms with E-state index in [1.54, 1.807) is 0 Å². The highest BCUT2D eigenvalue weighted by Crippen LogP contribution is 2.17. The summed E-state index contributed by atoms with van der Waals surface area (Å²) >= 11 is 4.83. The van der Waals surface area contributed by atoms with Crippen molar-refractivity contribution >= 4 is 45.2 Å². The zero-order chi connectivity index (χ0) is 7.56. The molecule has 1 fully saturated rings. The van der Waals surface area contributed by atoms with E-state index in [2.05, 4.69) is 57.1 Å². The number of hydrogen-bond acceptors (Lipinski definition) is 2. The lowest BCUT2D eigenvalue weighted by Gasteiger charge is -2.35. The number of ether oxygens (including phenoxy) is 1. The normalized spacial score (nSPS) is 36.3. The molecule has 0 aromatic rings. The Kier molecular flexibility index (Phi) is 4.18. The SMILES string of the molecule is CN1C(I)COCC1CI. The topological polar surface area (TPSA) is 12.5 Å². The average molecular weight is 367 g/mol. The molecular weight excluding hydrogens is 356 g/mol. The average Bonchev–Trinajstić information content (AvgIpc) is 1.95. The molecule has 1 heterocycles. The minimum Gasteiger partial charge on any atom is -0.377 e. The molecule has 1 saturated heterocycles. The number of likely N-dealkylation sites (N-methyl/N-ethyl adjacent to an activating group) is 1. The first-order valence-corrected chi connectivity index (χ1v) is 6.02. The second-order valence-corrected chi connectivity index (χ2v) is 4.76. The summed E-state index contributed by atoms with van der Waals surface area (Å²) in [4.78, 5) is 2.39. The Morgan fingerprint density at radius 2 is 2.30 bits per heavy atom. The second kappa shape index (κ2) is 4.42. The molecule has 0 spiro atoms. The van der Waals surface area contributed by atoms with Crippen LogP contribution in [0.2, 0.25) is 0 Å². The van der Waals surface area contributed by atoms with Gasteiger partial charge in [0.05, 0.1) is 17.3 Å². The zero-order valence-electron chi connectivity index (χ0n) is 5.89. The molecular formula is C6H11I2NO. The molecule has 0 bridgehead atoms. The molecule has 1 aliphatic rings. The maximum Gasteiger partial charge on any atom is 0.0856 e. The van der Waals surface area contributed by atoms with E-state index in [0.29, 0.717) is 10.1 Å². The van der Waals surface area contributed by atoms with Crippen LogP contribution >= 0.6 is 45.2 Å². The van der Waals surface area contributed by atoms with Crippen molar-refractivity contribution in [2.24, 2.45) is 0 Å². The summed E-state index contributed by atoms with van der Waals surface area (Å²) in [5.74, 6) is 0. The quantitative estimate of drug-likeness (QED) is 0.396. The van der Waals surface area contributed by atoms with Gasteiger partial charge in [-0.1, -0.05) is 45.2 Å². The summed E-state index contributed by atoms with van der Waals surface area (Å²) in [5, 5.41) is 0. The lowest BCUT2D eigenvalue weighted by molar-refractivity contribution is 0.00894. The fourth-order valence-corrected chi connectivity index (χ4v) is 2.50. The van der Waals surface area contributed by atoms with Gasteiger partial charge in [0.2, 0.25) is 0 Å². The third-order valence-corrected chi connectivity index (χ3v) is 4.02. The van der Waals surface area contributed by atoms with Crippen LogP contribution in [-0.4, -0.2) is 39.7 Å². The Hall–Kier alpha value is 1.38. The van der Waals surface area contributed by atoms with E-state index in [1.165, 1.54) is 0 Å². The summed E-state index contributed by atoms with van der Waals surface area (Å²) < 4.78 is 7.12. The number of nitrogens with zero attached hydrogens (tertiary/aromatic N) is 1. The van der Waals surface area contributed by atoms with E-state index in [9.17, 15) is 0 Å². The molecule has 0 N–H and O–H groups in total. The monoisotopic (exact) mass is 367 g/mol. The van der Waals surface area contributed by atoms with Crippen LogP contribution in [0.1, 0.15) is 0 Å². The molecule has 60 valence electrons. The Morgan fingerprint density at radius 3 is 2.80 bits per heavy atom. The molecule has 0 aromatic carbocycles. The van der Waals surface area contributed by atoms with E-state index in [-0.39, 0.29) is 0 Å². The Morgan fingerprint density at radius 1 is 1.60 bits per heavy atom. The molecule has 2 atom stereocenters. The van der Waals surface area contributed by atoms with Crippen molar-refractivity contribution in [3.05, 3.63) is 0 Å². The van der Waals surface area contributed by atoms with Crippen molar-refractivity contribution in [2.75, 3.05) is 24.7 Å². The molecule has 0 aromatic heterocycles. The van der Waals surface area contributed by atoms with Gasteiger partial charge in [-0.25, -0.2) is 0 Å². The van der Waals surface area contributed by atoms with Gasteiger partial charge in [0.25, 0.3) is 0 Å². The van der Waals surface area contributed by atoms with Crippen molar-refractivity contribution in [3.8, 4) is 0 Å². The predicted molar refractivity (Wildman–Crippen MR) is 59.1 cm³/mol. The van der Waals surface area contributed by atoms with Crippen LogP contribution in [0, 0.1) is 0 Å². The number of rotatable bonds is 1. The highest BCUT2D eigenvalue weighted by Gasteiger charge is 2.24. The number of morpholine rings is 1. The highest BCUT2D eigenvalue weighted by molar-refractivity contribution is 14.1. The largest absolute Gasteiger partial charge is 0.377 e. The third kappa shape index (κ3) is 2.18. The van der Waals surface area contributed by atoms with E-state index < -0.39 is 0 Å². The standard InChI is InChI=1S/C6H11I2NO/c1-9-5(2-7)3-10-4-6(9)8/h5-6H,2-4H2,1H3. The predicted octanol–water partition coefficient (Wildman–Crippen LogP) is 1.51. The number of hydrogen-bond donors (Lipinski definition) is 0. The van der Waals surface area contributed by atoms with Gasteiger partial charge in [-0.15, -0.1) is 0 Å². The van der Waals surface area contributed by atoms with Crippen LogP contribution in [0.5, 0.6) is 0 Å². The van der Waals surface area contributed by atoms with Gasteiger partial charge in [-0.05, 0) is 7.05 Å². The molecule has 2 nitrogen and oxygen atoms in total. The third-order valence-electron chi connectivity index (χ3n) is 1.76. The molecule has 10 heavy (non-hydrogen) atoms.